The number of hydrogen-bond acceptors (Lipinski definition) is 10. The van der Waals surface area contributed by atoms with E-state index >= 15 is 0 Å². The number of rotatable bonds is 10. The fourth-order valence-electron chi connectivity index (χ4n) is 5.06. The van der Waals surface area contributed by atoms with Crippen molar-refractivity contribution in [3.63, 3.8) is 0 Å². The van der Waals surface area contributed by atoms with Gasteiger partial charge in [0.05, 0.1) is 39.4 Å². The molecule has 0 aliphatic carbocycles. The number of ether oxygens (including phenoxy) is 4. The van der Waals surface area contributed by atoms with E-state index in [1.54, 1.807) is 11.0 Å². The Morgan fingerprint density at radius 1 is 1.11 bits per heavy atom. The first-order valence-electron chi connectivity index (χ1n) is 12.2. The van der Waals surface area contributed by atoms with Crippen LogP contribution in [0.2, 0.25) is 18.1 Å². The fraction of sp³-hybridized carbons (Fsp3) is 0.760. The maximum Gasteiger partial charge on any atom is 0.326 e. The molecular formula is C25H42N2O9Si. The van der Waals surface area contributed by atoms with Crippen LogP contribution in [0, 0.1) is 11.8 Å². The number of likely N-dealkylation sites (tertiary alicyclic amines) is 1. The number of β-lactam (4-membered cyclic amide) rings is 1. The van der Waals surface area contributed by atoms with Gasteiger partial charge in [-0.25, -0.2) is 0 Å². The Kier molecular flexibility index (Phi) is 9.38. The van der Waals surface area contributed by atoms with Crippen molar-refractivity contribution in [1.29, 1.82) is 0 Å². The summed E-state index contributed by atoms with van der Waals surface area (Å²) < 4.78 is 27.6. The molecule has 210 valence electrons. The van der Waals surface area contributed by atoms with Crippen LogP contribution in [0.1, 0.15) is 27.7 Å². The molecule has 2 aliphatic rings. The van der Waals surface area contributed by atoms with Crippen molar-refractivity contribution in [1.82, 2.24) is 10.2 Å². The summed E-state index contributed by atoms with van der Waals surface area (Å²) in [5.41, 5.74) is -1.64. The Bertz CT molecular complexity index is 918. The zero-order chi connectivity index (χ0) is 28.5. The van der Waals surface area contributed by atoms with Crippen molar-refractivity contribution < 1.29 is 42.6 Å². The van der Waals surface area contributed by atoms with Gasteiger partial charge < -0.3 is 28.3 Å². The van der Waals surface area contributed by atoms with Crippen LogP contribution in [0.3, 0.4) is 0 Å². The Morgan fingerprint density at radius 3 is 2.11 bits per heavy atom. The van der Waals surface area contributed by atoms with Gasteiger partial charge >= 0.3 is 17.9 Å². The van der Waals surface area contributed by atoms with Gasteiger partial charge in [0, 0.05) is 19.7 Å². The number of methoxy groups -OCH3 is 4. The molecule has 2 saturated heterocycles. The summed E-state index contributed by atoms with van der Waals surface area (Å²) >= 11 is 0. The van der Waals surface area contributed by atoms with Gasteiger partial charge in [-0.15, -0.1) is 6.58 Å². The molecule has 0 saturated carbocycles. The normalized spacial score (nSPS) is 30.8. The number of carbonyl (C=O) groups is 4. The van der Waals surface area contributed by atoms with Crippen molar-refractivity contribution in [2.24, 2.45) is 11.8 Å². The third kappa shape index (κ3) is 5.34. The molecule has 2 rings (SSSR count). The lowest BCUT2D eigenvalue weighted by Gasteiger charge is -2.53. The smallest absolute Gasteiger partial charge is 0.326 e. The number of esters is 3. The van der Waals surface area contributed by atoms with Gasteiger partial charge in [-0.1, -0.05) is 26.8 Å². The number of hydrogen-bond donors (Lipinski definition) is 1. The monoisotopic (exact) mass is 542 g/mol. The SMILES string of the molecule is C=CCN1C(=O)[C@H](OC)[C@@H]1[C@H](O[Si](C)(C)C(C)(C)C)[C@@H]1N[C@](C)(C(=O)OC)[C@@H](C(=O)OC)[C@@H]1C(=O)OC. The molecule has 2 fully saturated rings. The van der Waals surface area contributed by atoms with Crippen LogP contribution >= 0.6 is 0 Å². The van der Waals surface area contributed by atoms with Crippen LogP contribution in [0.25, 0.3) is 0 Å². The van der Waals surface area contributed by atoms with Crippen molar-refractivity contribution in [3.8, 4) is 0 Å². The van der Waals surface area contributed by atoms with Gasteiger partial charge in [0.2, 0.25) is 0 Å². The molecule has 0 bridgehead atoms. The lowest BCUT2D eigenvalue weighted by Crippen LogP contribution is -2.74. The van der Waals surface area contributed by atoms with Crippen molar-refractivity contribution in [3.05, 3.63) is 12.7 Å². The summed E-state index contributed by atoms with van der Waals surface area (Å²) in [6.07, 6.45) is -0.113. The largest absolute Gasteiger partial charge is 0.469 e. The highest BCUT2D eigenvalue weighted by atomic mass is 28.4. The molecule has 2 aliphatic heterocycles. The minimum atomic E-state index is -2.56. The first kappa shape index (κ1) is 30.9. The van der Waals surface area contributed by atoms with Crippen molar-refractivity contribution in [2.45, 2.75) is 75.7 Å². The standard InChI is InChI=1S/C25H42N2O9Si/c1-12-13-27-17(19(32-6)20(27)28)18(36-37(10,11)24(2,3)4)16-14(21(29)33-7)15(22(30)34-8)25(5,26-16)23(31)35-9/h12,14-19,26H,1,13H2,2-11H3/t14-,15+,16+,17-,18+,19+,25-/m0/s1. The van der Waals surface area contributed by atoms with Crippen LogP contribution in [0.15, 0.2) is 12.7 Å². The second-order valence-corrected chi connectivity index (χ2v) is 15.9. The predicted molar refractivity (Wildman–Crippen MR) is 137 cm³/mol. The van der Waals surface area contributed by atoms with Crippen molar-refractivity contribution >= 4 is 32.1 Å². The molecule has 0 aromatic carbocycles. The highest BCUT2D eigenvalue weighted by molar-refractivity contribution is 6.74. The number of amides is 1. The van der Waals surface area contributed by atoms with Gasteiger partial charge in [0.15, 0.2) is 14.4 Å². The minimum Gasteiger partial charge on any atom is -0.469 e. The van der Waals surface area contributed by atoms with Crippen LogP contribution in [-0.4, -0.2) is 102 Å². The molecule has 0 aromatic heterocycles. The Hall–Kier alpha value is -2.28. The van der Waals surface area contributed by atoms with E-state index in [0.717, 1.165) is 0 Å². The number of nitrogens with one attached hydrogen (secondary N) is 1. The third-order valence-electron chi connectivity index (χ3n) is 8.08. The van der Waals surface area contributed by atoms with E-state index in [1.165, 1.54) is 35.4 Å². The van der Waals surface area contributed by atoms with Crippen LogP contribution < -0.4 is 5.32 Å². The lowest BCUT2D eigenvalue weighted by atomic mass is 9.77. The first-order chi connectivity index (χ1) is 17.1. The topological polar surface area (TPSA) is 130 Å². The van der Waals surface area contributed by atoms with Gasteiger partial charge in [-0.05, 0) is 25.1 Å². The first-order valence-corrected chi connectivity index (χ1v) is 15.1. The highest BCUT2D eigenvalue weighted by Gasteiger charge is 2.67. The molecule has 12 heteroatoms. The maximum absolute atomic E-state index is 13.3. The van der Waals surface area contributed by atoms with Crippen molar-refractivity contribution in [2.75, 3.05) is 35.0 Å². The molecule has 0 radical (unpaired) electrons. The number of nitrogens with zero attached hydrogens (tertiary/aromatic N) is 1. The van der Waals surface area contributed by atoms with E-state index in [0.29, 0.717) is 0 Å². The second kappa shape index (κ2) is 11.2. The Morgan fingerprint density at radius 2 is 1.68 bits per heavy atom. The average Bonchev–Trinajstić information content (AvgIpc) is 3.16. The number of carbonyl (C=O) groups excluding carboxylic acids is 4. The second-order valence-electron chi connectivity index (χ2n) is 11.2. The summed E-state index contributed by atoms with van der Waals surface area (Å²) in [5.74, 6) is -4.96. The van der Waals surface area contributed by atoms with Gasteiger partial charge in [0.25, 0.3) is 5.91 Å². The molecule has 11 nitrogen and oxygen atoms in total. The Labute approximate surface area is 220 Å². The third-order valence-corrected chi connectivity index (χ3v) is 12.5. The van der Waals surface area contributed by atoms with Crippen LogP contribution in [0.4, 0.5) is 0 Å². The zero-order valence-corrected chi connectivity index (χ0v) is 24.6. The summed E-state index contributed by atoms with van der Waals surface area (Å²) in [6.45, 7) is 15.7. The molecule has 1 amide bonds. The molecule has 37 heavy (non-hydrogen) atoms. The molecule has 0 aromatic rings. The van der Waals surface area contributed by atoms with E-state index in [4.69, 9.17) is 23.4 Å². The fourth-order valence-corrected chi connectivity index (χ4v) is 6.38. The molecule has 2 heterocycles. The minimum absolute atomic E-state index is 0.227. The van der Waals surface area contributed by atoms with Crippen LogP contribution in [0.5, 0.6) is 0 Å². The molecule has 0 spiro atoms. The van der Waals surface area contributed by atoms with Gasteiger partial charge in [-0.3, -0.25) is 24.5 Å². The maximum atomic E-state index is 13.3. The summed E-state index contributed by atoms with van der Waals surface area (Å²) in [4.78, 5) is 53.9. The van der Waals surface area contributed by atoms with E-state index in [9.17, 15) is 19.2 Å². The predicted octanol–water partition coefficient (Wildman–Crippen LogP) is 1.27. The quantitative estimate of drug-likeness (QED) is 0.142. The summed E-state index contributed by atoms with van der Waals surface area (Å²) in [7, 11) is 2.47. The molecule has 1 N–H and O–H groups in total. The Balaban J connectivity index is 2.78. The van der Waals surface area contributed by atoms with E-state index in [2.05, 4.69) is 32.7 Å². The zero-order valence-electron chi connectivity index (χ0n) is 23.6. The van der Waals surface area contributed by atoms with Gasteiger partial charge in [-0.2, -0.15) is 0 Å². The van der Waals surface area contributed by atoms with Crippen LogP contribution in [-0.2, 0) is 42.6 Å². The van der Waals surface area contributed by atoms with E-state index in [-0.39, 0.29) is 17.5 Å². The highest BCUT2D eigenvalue weighted by Crippen LogP contribution is 2.45. The molecular weight excluding hydrogens is 500 g/mol. The lowest BCUT2D eigenvalue weighted by molar-refractivity contribution is -0.181. The summed E-state index contributed by atoms with van der Waals surface area (Å²) in [5, 5.41) is 2.96. The van der Waals surface area contributed by atoms with E-state index in [1.807, 2.05) is 13.1 Å². The van der Waals surface area contributed by atoms with Gasteiger partial charge in [0.1, 0.15) is 11.5 Å². The average molecular weight is 543 g/mol. The molecule has 0 unspecified atom stereocenters. The molecule has 7 atom stereocenters. The van der Waals surface area contributed by atoms with E-state index < -0.39 is 67.9 Å². The summed E-state index contributed by atoms with van der Waals surface area (Å²) in [6, 6.07) is -1.56.